The van der Waals surface area contributed by atoms with Crippen molar-refractivity contribution in [1.82, 2.24) is 9.62 Å². The topological polar surface area (TPSA) is 49.4 Å². The zero-order valence-corrected chi connectivity index (χ0v) is 13.2. The van der Waals surface area contributed by atoms with Crippen LogP contribution in [0.5, 0.6) is 0 Å². The Balaban J connectivity index is 2.73. The van der Waals surface area contributed by atoms with Gasteiger partial charge >= 0.3 is 0 Å². The van der Waals surface area contributed by atoms with Gasteiger partial charge in [-0.3, -0.25) is 0 Å². The summed E-state index contributed by atoms with van der Waals surface area (Å²) in [5.41, 5.74) is 0.980. The molecule has 0 aliphatic heterocycles. The van der Waals surface area contributed by atoms with E-state index in [1.54, 1.807) is 6.07 Å². The van der Waals surface area contributed by atoms with Crippen molar-refractivity contribution in [3.63, 3.8) is 0 Å². The zero-order chi connectivity index (χ0) is 13.9. The Morgan fingerprint density at radius 2 is 2.00 bits per heavy atom. The molecule has 0 bridgehead atoms. The van der Waals surface area contributed by atoms with Gasteiger partial charge in [-0.05, 0) is 43.9 Å². The second-order valence-corrected chi connectivity index (χ2v) is 7.97. The van der Waals surface area contributed by atoms with E-state index in [0.717, 1.165) is 5.56 Å². The molecule has 1 rings (SSSR count). The second-order valence-electron chi connectivity index (χ2n) is 5.07. The van der Waals surface area contributed by atoms with Gasteiger partial charge in [-0.2, -0.15) is 0 Å². The molecular weight excluding hydrogens is 268 g/mol. The van der Waals surface area contributed by atoms with E-state index in [2.05, 4.69) is 18.6 Å². The highest BCUT2D eigenvalue weighted by atomic mass is 32.2. The van der Waals surface area contributed by atoms with E-state index in [0.29, 0.717) is 16.7 Å². The summed E-state index contributed by atoms with van der Waals surface area (Å²) in [4.78, 5) is 2.05. The summed E-state index contributed by atoms with van der Waals surface area (Å²) in [6.45, 7) is 6.51. The number of nitrogens with one attached hydrogen (secondary N) is 1. The first-order valence-corrected chi connectivity index (χ1v) is 8.31. The average molecular weight is 290 g/mol. The first-order chi connectivity index (χ1) is 8.24. The first kappa shape index (κ1) is 15.6. The van der Waals surface area contributed by atoms with E-state index >= 15 is 0 Å². The summed E-state index contributed by atoms with van der Waals surface area (Å²) < 4.78 is 27.2. The van der Waals surface area contributed by atoms with Gasteiger partial charge in [0.2, 0.25) is 10.0 Å². The van der Waals surface area contributed by atoms with Crippen molar-refractivity contribution in [2.45, 2.75) is 31.0 Å². The summed E-state index contributed by atoms with van der Waals surface area (Å²) >= 11 is 1.26. The fourth-order valence-electron chi connectivity index (χ4n) is 1.83. The number of sulfonamides is 1. The Labute approximate surface area is 114 Å². The molecule has 18 heavy (non-hydrogen) atoms. The lowest BCUT2D eigenvalue weighted by Crippen LogP contribution is -2.43. The highest BCUT2D eigenvalue weighted by Gasteiger charge is 2.21. The number of nitrogens with zero attached hydrogens (tertiary/aromatic N) is 1. The molecule has 0 aromatic carbocycles. The van der Waals surface area contributed by atoms with Crippen LogP contribution in [0.4, 0.5) is 0 Å². The average Bonchev–Trinajstić information content (AvgIpc) is 2.64. The Hall–Kier alpha value is -0.430. The number of likely N-dealkylation sites (N-methyl/N-ethyl adjacent to an activating group) is 1. The second kappa shape index (κ2) is 6.14. The first-order valence-electron chi connectivity index (χ1n) is 5.95. The van der Waals surface area contributed by atoms with Crippen molar-refractivity contribution in [2.75, 3.05) is 20.6 Å². The minimum absolute atomic E-state index is 0.195. The summed E-state index contributed by atoms with van der Waals surface area (Å²) in [5, 5.41) is 1.85. The Morgan fingerprint density at radius 3 is 2.39 bits per heavy atom. The van der Waals surface area contributed by atoms with Gasteiger partial charge in [-0.25, -0.2) is 13.1 Å². The number of aryl methyl sites for hydroxylation is 1. The number of hydrogen-bond donors (Lipinski definition) is 1. The molecule has 0 amide bonds. The van der Waals surface area contributed by atoms with Crippen molar-refractivity contribution in [1.29, 1.82) is 0 Å². The van der Waals surface area contributed by atoms with Gasteiger partial charge in [0, 0.05) is 12.6 Å². The molecule has 4 nitrogen and oxygen atoms in total. The SMILES string of the molecule is Cc1csc(S(=O)(=O)NC[C@@H](C(C)C)N(C)C)c1. The van der Waals surface area contributed by atoms with Crippen molar-refractivity contribution < 1.29 is 8.42 Å². The third kappa shape index (κ3) is 4.05. The molecule has 1 N–H and O–H groups in total. The van der Waals surface area contributed by atoms with Crippen LogP contribution in [0.2, 0.25) is 0 Å². The van der Waals surface area contributed by atoms with Crippen LogP contribution in [0, 0.1) is 12.8 Å². The number of hydrogen-bond acceptors (Lipinski definition) is 4. The molecule has 0 spiro atoms. The third-order valence-electron chi connectivity index (χ3n) is 2.89. The molecule has 0 unspecified atom stereocenters. The van der Waals surface area contributed by atoms with E-state index in [1.165, 1.54) is 11.3 Å². The standard InChI is InChI=1S/C12H22N2O2S2/c1-9(2)11(14(4)5)7-13-18(15,16)12-6-10(3)8-17-12/h6,8-9,11,13H,7H2,1-5H3/t11-/m0/s1. The van der Waals surface area contributed by atoms with Crippen LogP contribution in [0.1, 0.15) is 19.4 Å². The van der Waals surface area contributed by atoms with E-state index < -0.39 is 10.0 Å². The molecular formula is C12H22N2O2S2. The fourth-order valence-corrected chi connectivity index (χ4v) is 4.15. The summed E-state index contributed by atoms with van der Waals surface area (Å²) in [6.07, 6.45) is 0. The van der Waals surface area contributed by atoms with Crippen LogP contribution in [0.15, 0.2) is 15.7 Å². The minimum Gasteiger partial charge on any atom is -0.305 e. The Bertz CT molecular complexity index is 470. The molecule has 1 aromatic heterocycles. The van der Waals surface area contributed by atoms with E-state index in [-0.39, 0.29) is 6.04 Å². The maximum Gasteiger partial charge on any atom is 0.250 e. The van der Waals surface area contributed by atoms with E-state index in [1.807, 2.05) is 31.3 Å². The largest absolute Gasteiger partial charge is 0.305 e. The van der Waals surface area contributed by atoms with Crippen LogP contribution in [0.3, 0.4) is 0 Å². The molecule has 0 radical (unpaired) electrons. The number of thiophene rings is 1. The smallest absolute Gasteiger partial charge is 0.250 e. The molecule has 1 aromatic rings. The molecule has 0 saturated carbocycles. The van der Waals surface area contributed by atoms with Gasteiger partial charge in [-0.15, -0.1) is 11.3 Å². The zero-order valence-electron chi connectivity index (χ0n) is 11.6. The molecule has 0 fully saturated rings. The monoisotopic (exact) mass is 290 g/mol. The van der Waals surface area contributed by atoms with Crippen molar-refractivity contribution >= 4 is 21.4 Å². The third-order valence-corrected chi connectivity index (χ3v) is 5.87. The predicted octanol–water partition coefficient (Wildman–Crippen LogP) is 1.92. The lowest BCUT2D eigenvalue weighted by Gasteiger charge is -2.27. The van der Waals surface area contributed by atoms with Gasteiger partial charge < -0.3 is 4.90 Å². The predicted molar refractivity (Wildman–Crippen MR) is 76.6 cm³/mol. The van der Waals surface area contributed by atoms with Crippen LogP contribution in [0.25, 0.3) is 0 Å². The van der Waals surface area contributed by atoms with Crippen molar-refractivity contribution in [3.05, 3.63) is 17.0 Å². The van der Waals surface area contributed by atoms with Crippen LogP contribution >= 0.6 is 11.3 Å². The van der Waals surface area contributed by atoms with Gasteiger partial charge in [0.1, 0.15) is 4.21 Å². The maximum absolute atomic E-state index is 12.1. The van der Waals surface area contributed by atoms with E-state index in [9.17, 15) is 8.42 Å². The van der Waals surface area contributed by atoms with Crippen LogP contribution in [-0.4, -0.2) is 40.0 Å². The highest BCUT2D eigenvalue weighted by molar-refractivity contribution is 7.91. The van der Waals surface area contributed by atoms with Crippen LogP contribution < -0.4 is 4.72 Å². The highest BCUT2D eigenvalue weighted by Crippen LogP contribution is 2.19. The molecule has 1 atom stereocenters. The van der Waals surface area contributed by atoms with Crippen molar-refractivity contribution in [3.8, 4) is 0 Å². The quantitative estimate of drug-likeness (QED) is 0.871. The molecule has 1 heterocycles. The molecule has 0 saturated heterocycles. The maximum atomic E-state index is 12.1. The normalized spacial score (nSPS) is 14.4. The van der Waals surface area contributed by atoms with Crippen molar-refractivity contribution in [2.24, 2.45) is 5.92 Å². The van der Waals surface area contributed by atoms with Gasteiger partial charge in [0.15, 0.2) is 0 Å². The summed E-state index contributed by atoms with van der Waals surface area (Å²) in [6, 6.07) is 1.90. The lowest BCUT2D eigenvalue weighted by atomic mass is 10.0. The Kier molecular flexibility index (Phi) is 5.33. The minimum atomic E-state index is -3.36. The van der Waals surface area contributed by atoms with E-state index in [4.69, 9.17) is 0 Å². The summed E-state index contributed by atoms with van der Waals surface area (Å²) in [7, 11) is 0.573. The molecule has 104 valence electrons. The molecule has 0 aliphatic carbocycles. The van der Waals surface area contributed by atoms with Gasteiger partial charge in [0.05, 0.1) is 0 Å². The number of rotatable bonds is 6. The Morgan fingerprint density at radius 1 is 1.39 bits per heavy atom. The fraction of sp³-hybridized carbons (Fsp3) is 0.667. The van der Waals surface area contributed by atoms with Gasteiger partial charge in [0.25, 0.3) is 0 Å². The summed E-state index contributed by atoms with van der Waals surface area (Å²) in [5.74, 6) is 0.396. The molecule has 6 heteroatoms. The van der Waals surface area contributed by atoms with Crippen LogP contribution in [-0.2, 0) is 10.0 Å². The lowest BCUT2D eigenvalue weighted by molar-refractivity contribution is 0.233. The van der Waals surface area contributed by atoms with Gasteiger partial charge in [-0.1, -0.05) is 13.8 Å². The molecule has 0 aliphatic rings.